The Hall–Kier alpha value is -1.97. The monoisotopic (exact) mass is 344 g/mol. The summed E-state index contributed by atoms with van der Waals surface area (Å²) in [6.45, 7) is 10.6. The third-order valence-electron chi connectivity index (χ3n) is 4.93. The van der Waals surface area contributed by atoms with Gasteiger partial charge in [-0.15, -0.1) is 0 Å². The summed E-state index contributed by atoms with van der Waals surface area (Å²) >= 11 is 0. The summed E-state index contributed by atoms with van der Waals surface area (Å²) in [5.41, 5.74) is 1.88. The number of hydrogen-bond donors (Lipinski definition) is 2. The number of phenolic OH excluding ortho intramolecular Hbond substituents is 2. The van der Waals surface area contributed by atoms with Gasteiger partial charge in [-0.25, -0.2) is 0 Å². The molecule has 1 heterocycles. The van der Waals surface area contributed by atoms with Gasteiger partial charge < -0.3 is 10.2 Å². The Morgan fingerprint density at radius 3 is 2.24 bits per heavy atom. The Labute approximate surface area is 151 Å². The Bertz CT molecular complexity index is 679. The fourth-order valence-corrected chi connectivity index (χ4v) is 3.16. The molecule has 2 aromatic rings. The van der Waals surface area contributed by atoms with Crippen LogP contribution in [0.1, 0.15) is 78.3 Å². The van der Waals surface area contributed by atoms with Gasteiger partial charge >= 0.3 is 0 Å². The molecule has 0 bridgehead atoms. The van der Waals surface area contributed by atoms with E-state index in [2.05, 4.69) is 25.9 Å². The highest BCUT2D eigenvalue weighted by Crippen LogP contribution is 2.41. The van der Waals surface area contributed by atoms with E-state index in [1.165, 1.54) is 19.3 Å². The summed E-state index contributed by atoms with van der Waals surface area (Å²) in [5.74, 6) is 0.177. The van der Waals surface area contributed by atoms with Gasteiger partial charge in [0.25, 0.3) is 0 Å². The van der Waals surface area contributed by atoms with Crippen LogP contribution in [0.3, 0.4) is 0 Å². The van der Waals surface area contributed by atoms with Gasteiger partial charge in [0, 0.05) is 12.2 Å². The first kappa shape index (κ1) is 19.4. The highest BCUT2D eigenvalue weighted by atomic mass is 16.3. The van der Waals surface area contributed by atoms with Crippen LogP contribution in [0, 0.1) is 0 Å². The first-order chi connectivity index (χ1) is 11.8. The first-order valence-electron chi connectivity index (χ1n) is 9.38. The number of aromatic nitrogens is 2. The highest BCUT2D eigenvalue weighted by molar-refractivity contribution is 5.74. The SMILES string of the molecule is CCCCCCC(C)(C)c1cc(O)c(-c2ccn(C(C)C)n2)c(O)c1. The minimum Gasteiger partial charge on any atom is -0.507 e. The molecular weight excluding hydrogens is 312 g/mol. The zero-order valence-corrected chi connectivity index (χ0v) is 16.2. The van der Waals surface area contributed by atoms with Crippen molar-refractivity contribution in [2.24, 2.45) is 0 Å². The lowest BCUT2D eigenvalue weighted by Gasteiger charge is -2.26. The molecule has 138 valence electrons. The zero-order chi connectivity index (χ0) is 18.6. The molecule has 4 heteroatoms. The third kappa shape index (κ3) is 4.56. The summed E-state index contributed by atoms with van der Waals surface area (Å²) in [5, 5.41) is 25.5. The molecule has 0 unspecified atom stereocenters. The predicted molar refractivity (Wildman–Crippen MR) is 103 cm³/mol. The molecule has 0 amide bonds. The van der Waals surface area contributed by atoms with Gasteiger partial charge in [0.2, 0.25) is 0 Å². The van der Waals surface area contributed by atoms with Crippen LogP contribution < -0.4 is 0 Å². The van der Waals surface area contributed by atoms with E-state index in [0.29, 0.717) is 11.3 Å². The Balaban J connectivity index is 2.26. The van der Waals surface area contributed by atoms with E-state index in [-0.39, 0.29) is 23.0 Å². The van der Waals surface area contributed by atoms with Crippen LogP contribution >= 0.6 is 0 Å². The standard InChI is InChI=1S/C21H32N2O2/c1-6-7-8-9-11-21(4,5)16-13-18(24)20(19(25)14-16)17-10-12-23(22-17)15(2)3/h10,12-15,24-25H,6-9,11H2,1-5H3. The topological polar surface area (TPSA) is 58.3 Å². The van der Waals surface area contributed by atoms with Crippen molar-refractivity contribution in [1.82, 2.24) is 9.78 Å². The Kier molecular flexibility index (Phi) is 6.15. The fraction of sp³-hybridized carbons (Fsp3) is 0.571. The van der Waals surface area contributed by atoms with E-state index in [9.17, 15) is 10.2 Å². The fourth-order valence-electron chi connectivity index (χ4n) is 3.16. The van der Waals surface area contributed by atoms with Gasteiger partial charge in [0.15, 0.2) is 0 Å². The minimum absolute atomic E-state index is 0.0848. The van der Waals surface area contributed by atoms with Gasteiger partial charge in [-0.3, -0.25) is 4.68 Å². The molecule has 0 aliphatic rings. The van der Waals surface area contributed by atoms with Crippen molar-refractivity contribution < 1.29 is 10.2 Å². The maximum absolute atomic E-state index is 10.5. The lowest BCUT2D eigenvalue weighted by molar-refractivity contribution is 0.425. The van der Waals surface area contributed by atoms with E-state index < -0.39 is 0 Å². The van der Waals surface area contributed by atoms with E-state index >= 15 is 0 Å². The Morgan fingerprint density at radius 2 is 1.72 bits per heavy atom. The molecule has 1 aromatic carbocycles. The van der Waals surface area contributed by atoms with Crippen molar-refractivity contribution in [2.75, 3.05) is 0 Å². The summed E-state index contributed by atoms with van der Waals surface area (Å²) in [4.78, 5) is 0. The molecule has 0 atom stereocenters. The van der Waals surface area contributed by atoms with Crippen LogP contribution in [-0.4, -0.2) is 20.0 Å². The van der Waals surface area contributed by atoms with Crippen molar-refractivity contribution in [2.45, 2.75) is 78.2 Å². The molecule has 2 rings (SSSR count). The van der Waals surface area contributed by atoms with Gasteiger partial charge in [-0.1, -0.05) is 46.5 Å². The Morgan fingerprint density at radius 1 is 1.08 bits per heavy atom. The van der Waals surface area contributed by atoms with Gasteiger partial charge in [-0.2, -0.15) is 5.10 Å². The predicted octanol–water partition coefficient (Wildman–Crippen LogP) is 5.79. The molecule has 2 N–H and O–H groups in total. The lowest BCUT2D eigenvalue weighted by atomic mass is 9.79. The van der Waals surface area contributed by atoms with Crippen LogP contribution in [-0.2, 0) is 5.41 Å². The molecule has 0 radical (unpaired) electrons. The van der Waals surface area contributed by atoms with Crippen LogP contribution in [0.5, 0.6) is 11.5 Å². The van der Waals surface area contributed by atoms with Gasteiger partial charge in [0.1, 0.15) is 11.5 Å². The molecule has 0 saturated heterocycles. The van der Waals surface area contributed by atoms with Crippen LogP contribution in [0.2, 0.25) is 0 Å². The number of aromatic hydroxyl groups is 2. The minimum atomic E-state index is -0.0848. The van der Waals surface area contributed by atoms with Crippen LogP contribution in [0.4, 0.5) is 0 Å². The zero-order valence-electron chi connectivity index (χ0n) is 16.2. The van der Waals surface area contributed by atoms with Crippen molar-refractivity contribution in [3.8, 4) is 22.8 Å². The second-order valence-electron chi connectivity index (χ2n) is 7.86. The number of rotatable bonds is 8. The average Bonchev–Trinajstić information content (AvgIpc) is 3.01. The molecule has 0 aliphatic heterocycles. The maximum atomic E-state index is 10.5. The third-order valence-corrected chi connectivity index (χ3v) is 4.93. The van der Waals surface area contributed by atoms with Gasteiger partial charge in [-0.05, 0) is 49.4 Å². The van der Waals surface area contributed by atoms with Crippen molar-refractivity contribution in [1.29, 1.82) is 0 Å². The van der Waals surface area contributed by atoms with E-state index in [4.69, 9.17) is 0 Å². The largest absolute Gasteiger partial charge is 0.507 e. The average molecular weight is 344 g/mol. The maximum Gasteiger partial charge on any atom is 0.129 e. The molecule has 25 heavy (non-hydrogen) atoms. The van der Waals surface area contributed by atoms with Crippen molar-refractivity contribution in [3.63, 3.8) is 0 Å². The summed E-state index contributed by atoms with van der Waals surface area (Å²) in [6, 6.07) is 5.62. The number of unbranched alkanes of at least 4 members (excludes halogenated alkanes) is 3. The molecule has 0 spiro atoms. The van der Waals surface area contributed by atoms with Crippen molar-refractivity contribution >= 4 is 0 Å². The summed E-state index contributed by atoms with van der Waals surface area (Å²) < 4.78 is 1.82. The van der Waals surface area contributed by atoms with Crippen LogP contribution in [0.15, 0.2) is 24.4 Å². The van der Waals surface area contributed by atoms with E-state index in [0.717, 1.165) is 18.4 Å². The smallest absolute Gasteiger partial charge is 0.129 e. The van der Waals surface area contributed by atoms with Crippen LogP contribution in [0.25, 0.3) is 11.3 Å². The number of hydrogen-bond acceptors (Lipinski definition) is 3. The summed E-state index contributed by atoms with van der Waals surface area (Å²) in [7, 11) is 0. The lowest BCUT2D eigenvalue weighted by Crippen LogP contribution is -2.17. The van der Waals surface area contributed by atoms with E-state index in [1.54, 1.807) is 12.1 Å². The molecule has 0 fully saturated rings. The second kappa shape index (κ2) is 7.94. The molecule has 0 saturated carbocycles. The molecule has 1 aromatic heterocycles. The number of nitrogens with zero attached hydrogens (tertiary/aromatic N) is 2. The molecular formula is C21H32N2O2. The second-order valence-corrected chi connectivity index (χ2v) is 7.86. The van der Waals surface area contributed by atoms with Gasteiger partial charge in [0.05, 0.1) is 11.3 Å². The number of benzene rings is 1. The van der Waals surface area contributed by atoms with Crippen molar-refractivity contribution in [3.05, 3.63) is 30.0 Å². The number of phenols is 2. The summed E-state index contributed by atoms with van der Waals surface area (Å²) in [6.07, 6.45) is 7.76. The highest BCUT2D eigenvalue weighted by Gasteiger charge is 2.24. The quantitative estimate of drug-likeness (QED) is 0.596. The van der Waals surface area contributed by atoms with E-state index in [1.807, 2.05) is 30.8 Å². The molecule has 0 aliphatic carbocycles. The first-order valence-corrected chi connectivity index (χ1v) is 9.38. The normalized spacial score (nSPS) is 12.1. The molecule has 4 nitrogen and oxygen atoms in total.